The summed E-state index contributed by atoms with van der Waals surface area (Å²) in [7, 11) is 1.94. The van der Waals surface area contributed by atoms with Gasteiger partial charge in [0.2, 0.25) is 0 Å². The highest BCUT2D eigenvalue weighted by Gasteiger charge is 2.14. The maximum Gasteiger partial charge on any atom is 0.0376 e. The molecule has 0 N–H and O–H groups in total. The summed E-state index contributed by atoms with van der Waals surface area (Å²) in [5.74, 6) is 0. The molecule has 1 heteroatoms. The van der Waals surface area contributed by atoms with Crippen LogP contribution in [0.1, 0.15) is 58.8 Å². The molecule has 1 aliphatic rings. The van der Waals surface area contributed by atoms with Gasteiger partial charge in [-0.15, -0.1) is 0 Å². The zero-order valence-corrected chi connectivity index (χ0v) is 9.90. The van der Waals surface area contributed by atoms with Crippen molar-refractivity contribution in [2.45, 2.75) is 58.8 Å². The molecule has 1 rings (SSSR count). The van der Waals surface area contributed by atoms with E-state index in [9.17, 15) is 0 Å². The van der Waals surface area contributed by atoms with Crippen LogP contribution in [0.15, 0.2) is 16.1 Å². The van der Waals surface area contributed by atoms with Crippen LogP contribution in [-0.4, -0.2) is 12.8 Å². The first-order valence-electron chi connectivity index (χ1n) is 5.94. The molecule has 1 fully saturated rings. The van der Waals surface area contributed by atoms with Crippen LogP contribution in [0.25, 0.3) is 0 Å². The number of aliphatic imine (C=N–C) groups is 1. The number of hydrogen-bond donors (Lipinski definition) is 0. The first kappa shape index (κ1) is 11.5. The Labute approximate surface area is 88.3 Å². The topological polar surface area (TPSA) is 12.4 Å². The molecular weight excluding hydrogens is 170 g/mol. The lowest BCUT2D eigenvalue weighted by atomic mass is 9.88. The number of rotatable bonds is 3. The van der Waals surface area contributed by atoms with Gasteiger partial charge in [0.15, 0.2) is 0 Å². The van der Waals surface area contributed by atoms with Gasteiger partial charge in [0.25, 0.3) is 0 Å². The summed E-state index contributed by atoms with van der Waals surface area (Å²) in [6, 6.07) is 0. The second-order valence-corrected chi connectivity index (χ2v) is 4.24. The Morgan fingerprint density at radius 1 is 1.29 bits per heavy atom. The van der Waals surface area contributed by atoms with E-state index in [0.29, 0.717) is 0 Å². The van der Waals surface area contributed by atoms with Gasteiger partial charge in [-0.1, -0.05) is 18.9 Å². The van der Waals surface area contributed by atoms with Crippen LogP contribution in [-0.2, 0) is 0 Å². The Morgan fingerprint density at radius 2 is 2.00 bits per heavy atom. The number of nitrogens with zero attached hydrogens (tertiary/aromatic N) is 1. The van der Waals surface area contributed by atoms with Gasteiger partial charge in [0.1, 0.15) is 0 Å². The molecule has 1 aliphatic carbocycles. The minimum absolute atomic E-state index is 1.20. The number of hydrogen-bond acceptors (Lipinski definition) is 1. The van der Waals surface area contributed by atoms with Gasteiger partial charge in [0.05, 0.1) is 0 Å². The van der Waals surface area contributed by atoms with Crippen molar-refractivity contribution < 1.29 is 0 Å². The first-order chi connectivity index (χ1) is 6.79. The SMILES string of the molecule is CCCC/C(C)=C1\CCCCC1=NC. The van der Waals surface area contributed by atoms with E-state index in [1.54, 1.807) is 11.1 Å². The zero-order chi connectivity index (χ0) is 10.4. The molecule has 14 heavy (non-hydrogen) atoms. The van der Waals surface area contributed by atoms with E-state index in [1.165, 1.54) is 50.7 Å². The molecule has 0 saturated heterocycles. The van der Waals surface area contributed by atoms with Crippen molar-refractivity contribution in [2.24, 2.45) is 4.99 Å². The molecule has 80 valence electrons. The lowest BCUT2D eigenvalue weighted by Gasteiger charge is -2.19. The number of unbranched alkanes of at least 4 members (excludes halogenated alkanes) is 1. The summed E-state index contributed by atoms with van der Waals surface area (Å²) in [5, 5.41) is 0. The van der Waals surface area contributed by atoms with Crippen molar-refractivity contribution in [3.05, 3.63) is 11.1 Å². The molecule has 0 aromatic carbocycles. The van der Waals surface area contributed by atoms with E-state index >= 15 is 0 Å². The van der Waals surface area contributed by atoms with Gasteiger partial charge in [0, 0.05) is 12.8 Å². The molecular formula is C13H23N. The fourth-order valence-electron chi connectivity index (χ4n) is 2.19. The van der Waals surface area contributed by atoms with E-state index in [0.717, 1.165) is 0 Å². The molecule has 0 bridgehead atoms. The average molecular weight is 193 g/mol. The van der Waals surface area contributed by atoms with Crippen LogP contribution in [0.2, 0.25) is 0 Å². The molecule has 0 radical (unpaired) electrons. The highest BCUT2D eigenvalue weighted by Crippen LogP contribution is 2.25. The summed E-state index contributed by atoms with van der Waals surface area (Å²) < 4.78 is 0. The van der Waals surface area contributed by atoms with E-state index in [2.05, 4.69) is 18.8 Å². The molecule has 1 saturated carbocycles. The Balaban J connectivity index is 2.70. The third-order valence-corrected chi connectivity index (χ3v) is 3.13. The lowest BCUT2D eigenvalue weighted by molar-refractivity contribution is 0.712. The van der Waals surface area contributed by atoms with Gasteiger partial charge in [-0.05, 0) is 51.0 Å². The number of allylic oxidation sites excluding steroid dienone is 2. The molecule has 1 nitrogen and oxygen atoms in total. The highest BCUT2D eigenvalue weighted by atomic mass is 14.7. The van der Waals surface area contributed by atoms with Gasteiger partial charge < -0.3 is 0 Å². The molecule has 0 atom stereocenters. The monoisotopic (exact) mass is 193 g/mol. The molecule has 0 heterocycles. The van der Waals surface area contributed by atoms with E-state index < -0.39 is 0 Å². The molecule has 0 spiro atoms. The van der Waals surface area contributed by atoms with Crippen molar-refractivity contribution in [3.63, 3.8) is 0 Å². The third kappa shape index (κ3) is 2.97. The summed E-state index contributed by atoms with van der Waals surface area (Å²) >= 11 is 0. The van der Waals surface area contributed by atoms with Crippen molar-refractivity contribution in [1.82, 2.24) is 0 Å². The molecule has 0 unspecified atom stereocenters. The first-order valence-corrected chi connectivity index (χ1v) is 5.94. The predicted octanol–water partition coefficient (Wildman–Crippen LogP) is 4.14. The summed E-state index contributed by atoms with van der Waals surface area (Å²) in [5.41, 5.74) is 4.55. The fourth-order valence-corrected chi connectivity index (χ4v) is 2.19. The predicted molar refractivity (Wildman–Crippen MR) is 64.1 cm³/mol. The third-order valence-electron chi connectivity index (χ3n) is 3.13. The van der Waals surface area contributed by atoms with Crippen LogP contribution in [0, 0.1) is 0 Å². The molecule has 0 aromatic rings. The molecule has 0 aliphatic heterocycles. The molecule has 0 aromatic heterocycles. The summed E-state index contributed by atoms with van der Waals surface area (Å²) in [6.07, 6.45) is 9.05. The van der Waals surface area contributed by atoms with Crippen LogP contribution in [0.3, 0.4) is 0 Å². The van der Waals surface area contributed by atoms with E-state index in [4.69, 9.17) is 0 Å². The summed E-state index contributed by atoms with van der Waals surface area (Å²) in [6.45, 7) is 4.55. The van der Waals surface area contributed by atoms with Gasteiger partial charge in [-0.25, -0.2) is 0 Å². The Morgan fingerprint density at radius 3 is 2.64 bits per heavy atom. The largest absolute Gasteiger partial charge is 0.293 e. The van der Waals surface area contributed by atoms with E-state index in [1.807, 2.05) is 7.05 Å². The minimum atomic E-state index is 1.20. The van der Waals surface area contributed by atoms with Crippen molar-refractivity contribution in [3.8, 4) is 0 Å². The van der Waals surface area contributed by atoms with E-state index in [-0.39, 0.29) is 0 Å². The molecule has 0 amide bonds. The second kappa shape index (κ2) is 6.00. The lowest BCUT2D eigenvalue weighted by Crippen LogP contribution is -2.11. The maximum absolute atomic E-state index is 4.42. The fraction of sp³-hybridized carbons (Fsp3) is 0.769. The van der Waals surface area contributed by atoms with Crippen LogP contribution in [0.4, 0.5) is 0 Å². The van der Waals surface area contributed by atoms with Crippen LogP contribution < -0.4 is 0 Å². The van der Waals surface area contributed by atoms with Crippen LogP contribution in [0.5, 0.6) is 0 Å². The smallest absolute Gasteiger partial charge is 0.0376 e. The zero-order valence-electron chi connectivity index (χ0n) is 9.90. The van der Waals surface area contributed by atoms with Gasteiger partial charge >= 0.3 is 0 Å². The minimum Gasteiger partial charge on any atom is -0.293 e. The van der Waals surface area contributed by atoms with Crippen molar-refractivity contribution in [2.75, 3.05) is 7.05 Å². The maximum atomic E-state index is 4.42. The van der Waals surface area contributed by atoms with Gasteiger partial charge in [-0.3, -0.25) is 4.99 Å². The Hall–Kier alpha value is -0.590. The second-order valence-electron chi connectivity index (χ2n) is 4.24. The Kier molecular flexibility index (Phi) is 4.92. The van der Waals surface area contributed by atoms with Crippen LogP contribution >= 0.6 is 0 Å². The van der Waals surface area contributed by atoms with Gasteiger partial charge in [-0.2, -0.15) is 0 Å². The summed E-state index contributed by atoms with van der Waals surface area (Å²) in [4.78, 5) is 4.42. The van der Waals surface area contributed by atoms with Crippen molar-refractivity contribution in [1.29, 1.82) is 0 Å². The average Bonchev–Trinajstić information content (AvgIpc) is 2.25. The normalized spacial score (nSPS) is 24.1. The van der Waals surface area contributed by atoms with Crippen molar-refractivity contribution >= 4 is 5.71 Å². The Bertz CT molecular complexity index is 236. The highest BCUT2D eigenvalue weighted by molar-refractivity contribution is 6.01. The quantitative estimate of drug-likeness (QED) is 0.639. The standard InChI is InChI=1S/C13H23N/c1-4-5-8-11(2)12-9-6-7-10-13(12)14-3/h4-10H2,1-3H3/b12-11+,14-13?.